The highest BCUT2D eigenvalue weighted by atomic mass is 32.2. The van der Waals surface area contributed by atoms with E-state index in [1.807, 2.05) is 6.20 Å². The molecular weight excluding hydrogens is 240 g/mol. The number of nitrogens with zero attached hydrogens (tertiary/aromatic N) is 1. The molecule has 2 aliphatic rings. The third kappa shape index (κ3) is 2.30. The van der Waals surface area contributed by atoms with Crippen LogP contribution in [-0.4, -0.2) is 22.5 Å². The van der Waals surface area contributed by atoms with Crippen LogP contribution in [0.15, 0.2) is 18.3 Å². The second-order valence-electron chi connectivity index (χ2n) is 5.61. The van der Waals surface area contributed by atoms with Crippen molar-refractivity contribution < 1.29 is 0 Å². The zero-order valence-electron chi connectivity index (χ0n) is 11.1. The van der Waals surface area contributed by atoms with Crippen molar-refractivity contribution in [2.24, 2.45) is 0 Å². The number of hydrogen-bond acceptors (Lipinski definition) is 3. The first-order valence-corrected chi connectivity index (χ1v) is 8.28. The molecule has 98 valence electrons. The van der Waals surface area contributed by atoms with Gasteiger partial charge in [-0.25, -0.2) is 0 Å². The van der Waals surface area contributed by atoms with Crippen molar-refractivity contribution in [3.63, 3.8) is 0 Å². The summed E-state index contributed by atoms with van der Waals surface area (Å²) in [6.45, 7) is 1.15. The molecule has 3 heteroatoms. The molecule has 0 saturated heterocycles. The highest BCUT2D eigenvalue weighted by molar-refractivity contribution is 8.00. The molecule has 2 nitrogen and oxygen atoms in total. The molecule has 0 bridgehead atoms. The summed E-state index contributed by atoms with van der Waals surface area (Å²) >= 11 is 2.06. The normalized spacial score (nSPS) is 25.3. The quantitative estimate of drug-likeness (QED) is 0.901. The smallest absolute Gasteiger partial charge is 0.0605 e. The van der Waals surface area contributed by atoms with Gasteiger partial charge in [0.05, 0.1) is 11.7 Å². The van der Waals surface area contributed by atoms with Crippen LogP contribution in [0.5, 0.6) is 0 Å². The number of rotatable bonds is 4. The lowest BCUT2D eigenvalue weighted by Gasteiger charge is -2.29. The van der Waals surface area contributed by atoms with Crippen LogP contribution in [0.3, 0.4) is 0 Å². The molecule has 0 aliphatic heterocycles. The van der Waals surface area contributed by atoms with E-state index in [0.29, 0.717) is 10.8 Å². The molecule has 0 aromatic carbocycles. The lowest BCUT2D eigenvalue weighted by atomic mass is 10.1. The summed E-state index contributed by atoms with van der Waals surface area (Å²) in [5, 5.41) is 3.79. The number of fused-ring (bicyclic) bond motifs is 1. The summed E-state index contributed by atoms with van der Waals surface area (Å²) in [4.78, 5) is 4.57. The molecule has 0 radical (unpaired) electrons. The third-order valence-corrected chi connectivity index (χ3v) is 6.00. The Kier molecular flexibility index (Phi) is 3.62. The fourth-order valence-corrected chi connectivity index (χ4v) is 4.32. The highest BCUT2D eigenvalue weighted by Crippen LogP contribution is 2.40. The zero-order chi connectivity index (χ0) is 12.4. The molecule has 1 saturated carbocycles. The van der Waals surface area contributed by atoms with Crippen LogP contribution in [-0.2, 0) is 6.42 Å². The second kappa shape index (κ2) is 5.22. The second-order valence-corrected chi connectivity index (χ2v) is 6.89. The van der Waals surface area contributed by atoms with Crippen LogP contribution in [0, 0.1) is 0 Å². The largest absolute Gasteiger partial charge is 0.307 e. The average Bonchev–Trinajstić information content (AvgIpc) is 3.04. The number of aromatic nitrogens is 1. The molecule has 1 unspecified atom stereocenters. The fourth-order valence-electron chi connectivity index (χ4n) is 3.39. The van der Waals surface area contributed by atoms with E-state index in [0.717, 1.165) is 6.54 Å². The van der Waals surface area contributed by atoms with Crippen LogP contribution in [0.4, 0.5) is 0 Å². The molecule has 1 heterocycles. The van der Waals surface area contributed by atoms with Gasteiger partial charge in [-0.15, -0.1) is 0 Å². The van der Waals surface area contributed by atoms with E-state index >= 15 is 0 Å². The number of thioether (sulfide) groups is 1. The maximum Gasteiger partial charge on any atom is 0.0605 e. The topological polar surface area (TPSA) is 24.9 Å². The van der Waals surface area contributed by atoms with Gasteiger partial charge in [-0.3, -0.25) is 4.98 Å². The summed E-state index contributed by atoms with van der Waals surface area (Å²) in [5.41, 5.74) is 2.74. The Balaban J connectivity index is 1.65. The highest BCUT2D eigenvalue weighted by Gasteiger charge is 2.34. The fraction of sp³-hybridized carbons (Fsp3) is 0.667. The number of nitrogens with one attached hydrogen (secondary N) is 1. The minimum absolute atomic E-state index is 0.492. The van der Waals surface area contributed by atoms with Crippen molar-refractivity contribution in [1.82, 2.24) is 10.3 Å². The van der Waals surface area contributed by atoms with Crippen LogP contribution >= 0.6 is 11.8 Å². The number of aryl methyl sites for hydroxylation is 1. The lowest BCUT2D eigenvalue weighted by molar-refractivity contribution is 0.460. The number of hydrogen-bond donors (Lipinski definition) is 1. The maximum absolute atomic E-state index is 4.57. The zero-order valence-corrected chi connectivity index (χ0v) is 11.9. The summed E-state index contributed by atoms with van der Waals surface area (Å²) in [6.07, 6.45) is 12.2. The van der Waals surface area contributed by atoms with E-state index in [2.05, 4.69) is 40.5 Å². The van der Waals surface area contributed by atoms with Gasteiger partial charge in [0.1, 0.15) is 0 Å². The first-order chi connectivity index (χ1) is 8.83. The van der Waals surface area contributed by atoms with Crippen LogP contribution in [0.25, 0.3) is 0 Å². The first kappa shape index (κ1) is 12.5. The van der Waals surface area contributed by atoms with Gasteiger partial charge in [0, 0.05) is 17.5 Å². The summed E-state index contributed by atoms with van der Waals surface area (Å²) in [6, 6.07) is 4.77. The molecule has 1 aromatic rings. The van der Waals surface area contributed by atoms with E-state index in [1.54, 1.807) is 0 Å². The molecule has 1 N–H and O–H groups in total. The molecule has 0 spiro atoms. The van der Waals surface area contributed by atoms with Gasteiger partial charge in [0.25, 0.3) is 0 Å². The minimum Gasteiger partial charge on any atom is -0.307 e. The van der Waals surface area contributed by atoms with Gasteiger partial charge < -0.3 is 5.32 Å². The summed E-state index contributed by atoms with van der Waals surface area (Å²) in [5.74, 6) is 0. The Bertz CT molecular complexity index is 413. The van der Waals surface area contributed by atoms with E-state index in [4.69, 9.17) is 0 Å². The molecule has 3 rings (SSSR count). The van der Waals surface area contributed by atoms with Crippen molar-refractivity contribution in [3.8, 4) is 0 Å². The molecule has 2 aliphatic carbocycles. The Morgan fingerprint density at radius 1 is 1.44 bits per heavy atom. The monoisotopic (exact) mass is 262 g/mol. The average molecular weight is 262 g/mol. The summed E-state index contributed by atoms with van der Waals surface area (Å²) < 4.78 is 0.498. The SMILES string of the molecule is CSC1(CNC2CCc3cccnc32)CCCC1. The van der Waals surface area contributed by atoms with E-state index in [9.17, 15) is 0 Å². The van der Waals surface area contributed by atoms with Crippen molar-refractivity contribution in [3.05, 3.63) is 29.6 Å². The number of pyridine rings is 1. The Hall–Kier alpha value is -0.540. The standard InChI is InChI=1S/C15H22N2S/c1-18-15(8-2-3-9-15)11-17-13-7-6-12-5-4-10-16-14(12)13/h4-5,10,13,17H,2-3,6-9,11H2,1H3. The summed E-state index contributed by atoms with van der Waals surface area (Å²) in [7, 11) is 0. The Labute approximate surface area is 114 Å². The van der Waals surface area contributed by atoms with E-state index < -0.39 is 0 Å². The molecule has 1 aromatic heterocycles. The molecule has 1 atom stereocenters. The maximum atomic E-state index is 4.57. The van der Waals surface area contributed by atoms with Crippen molar-refractivity contribution in [1.29, 1.82) is 0 Å². The van der Waals surface area contributed by atoms with E-state index in [-0.39, 0.29) is 0 Å². The first-order valence-electron chi connectivity index (χ1n) is 7.05. The van der Waals surface area contributed by atoms with Crippen LogP contribution in [0.2, 0.25) is 0 Å². The van der Waals surface area contributed by atoms with Gasteiger partial charge in [-0.05, 0) is 43.6 Å². The predicted octanol–water partition coefficient (Wildman–Crippen LogP) is 3.33. The van der Waals surface area contributed by atoms with Crippen LogP contribution in [0.1, 0.15) is 49.4 Å². The predicted molar refractivity (Wildman–Crippen MR) is 78.0 cm³/mol. The lowest BCUT2D eigenvalue weighted by Crippen LogP contribution is -2.36. The Morgan fingerprint density at radius 2 is 2.28 bits per heavy atom. The van der Waals surface area contributed by atoms with Gasteiger partial charge in [0.15, 0.2) is 0 Å². The van der Waals surface area contributed by atoms with Gasteiger partial charge >= 0.3 is 0 Å². The third-order valence-electron chi connectivity index (χ3n) is 4.58. The van der Waals surface area contributed by atoms with Crippen molar-refractivity contribution in [2.45, 2.75) is 49.3 Å². The van der Waals surface area contributed by atoms with Gasteiger partial charge in [-0.1, -0.05) is 18.9 Å². The molecular formula is C15H22N2S. The van der Waals surface area contributed by atoms with Crippen molar-refractivity contribution in [2.75, 3.05) is 12.8 Å². The van der Waals surface area contributed by atoms with E-state index in [1.165, 1.54) is 49.8 Å². The van der Waals surface area contributed by atoms with Crippen LogP contribution < -0.4 is 5.32 Å². The van der Waals surface area contributed by atoms with Crippen molar-refractivity contribution >= 4 is 11.8 Å². The van der Waals surface area contributed by atoms with Gasteiger partial charge in [-0.2, -0.15) is 11.8 Å². The minimum atomic E-state index is 0.492. The Morgan fingerprint density at radius 3 is 3.06 bits per heavy atom. The molecule has 1 fully saturated rings. The van der Waals surface area contributed by atoms with Gasteiger partial charge in [0.2, 0.25) is 0 Å². The molecule has 0 amide bonds. The molecule has 18 heavy (non-hydrogen) atoms.